The van der Waals surface area contributed by atoms with Gasteiger partial charge in [0.05, 0.1) is 3.79 Å². The molecule has 0 radical (unpaired) electrons. The van der Waals surface area contributed by atoms with Crippen LogP contribution in [0.1, 0.15) is 30.6 Å². The molecular formula is C12H17BrClNS. The van der Waals surface area contributed by atoms with Gasteiger partial charge in [-0.25, -0.2) is 0 Å². The van der Waals surface area contributed by atoms with E-state index in [4.69, 9.17) is 11.6 Å². The molecule has 0 saturated carbocycles. The van der Waals surface area contributed by atoms with Gasteiger partial charge in [0, 0.05) is 23.3 Å². The molecule has 1 fully saturated rings. The predicted molar refractivity (Wildman–Crippen MR) is 75.4 cm³/mol. The molecule has 0 amide bonds. The third kappa shape index (κ3) is 3.46. The summed E-state index contributed by atoms with van der Waals surface area (Å²) in [5.41, 5.74) is 0. The second-order valence-corrected chi connectivity index (χ2v) is 7.23. The van der Waals surface area contributed by atoms with Crippen LogP contribution < -0.4 is 0 Å². The molecule has 2 heterocycles. The SMILES string of the molecule is ClCCCC1CCCN1Cc1ccc(Br)s1. The van der Waals surface area contributed by atoms with Crippen LogP contribution in [0.5, 0.6) is 0 Å². The lowest BCUT2D eigenvalue weighted by atomic mass is 10.1. The molecule has 1 unspecified atom stereocenters. The molecule has 1 atom stereocenters. The Morgan fingerprint density at radius 1 is 1.50 bits per heavy atom. The van der Waals surface area contributed by atoms with Gasteiger partial charge in [-0.1, -0.05) is 0 Å². The summed E-state index contributed by atoms with van der Waals surface area (Å²) in [7, 11) is 0. The van der Waals surface area contributed by atoms with Crippen molar-refractivity contribution in [3.05, 3.63) is 20.8 Å². The largest absolute Gasteiger partial charge is 0.295 e. The van der Waals surface area contributed by atoms with Crippen LogP contribution in [0.4, 0.5) is 0 Å². The molecule has 2 rings (SSSR count). The van der Waals surface area contributed by atoms with E-state index in [1.807, 2.05) is 11.3 Å². The molecular weight excluding hydrogens is 306 g/mol. The zero-order chi connectivity index (χ0) is 11.4. The minimum Gasteiger partial charge on any atom is -0.295 e. The summed E-state index contributed by atoms with van der Waals surface area (Å²) in [4.78, 5) is 4.08. The standard InChI is InChI=1S/C12H17BrClNS/c13-12-6-5-11(16-12)9-15-8-2-4-10(15)3-1-7-14/h5-6,10H,1-4,7-9H2. The van der Waals surface area contributed by atoms with E-state index < -0.39 is 0 Å². The summed E-state index contributed by atoms with van der Waals surface area (Å²) in [6.45, 7) is 2.37. The van der Waals surface area contributed by atoms with Crippen molar-refractivity contribution in [2.45, 2.75) is 38.3 Å². The third-order valence-electron chi connectivity index (χ3n) is 3.16. The maximum absolute atomic E-state index is 5.77. The predicted octanol–water partition coefficient (Wildman–Crippen LogP) is 4.49. The van der Waals surface area contributed by atoms with Crippen molar-refractivity contribution in [2.24, 2.45) is 0 Å². The van der Waals surface area contributed by atoms with Crippen molar-refractivity contribution in [1.82, 2.24) is 4.90 Å². The van der Waals surface area contributed by atoms with Gasteiger partial charge in [-0.05, 0) is 60.3 Å². The molecule has 1 saturated heterocycles. The molecule has 90 valence electrons. The molecule has 16 heavy (non-hydrogen) atoms. The first kappa shape index (κ1) is 12.9. The fraction of sp³-hybridized carbons (Fsp3) is 0.667. The lowest BCUT2D eigenvalue weighted by molar-refractivity contribution is 0.236. The summed E-state index contributed by atoms with van der Waals surface area (Å²) in [6.07, 6.45) is 5.11. The normalized spacial score (nSPS) is 21.8. The molecule has 0 aromatic carbocycles. The topological polar surface area (TPSA) is 3.24 Å². The summed E-state index contributed by atoms with van der Waals surface area (Å²) >= 11 is 11.1. The van der Waals surface area contributed by atoms with Crippen LogP contribution >= 0.6 is 38.9 Å². The second-order valence-electron chi connectivity index (χ2n) is 4.30. The first-order valence-electron chi connectivity index (χ1n) is 5.84. The van der Waals surface area contributed by atoms with Gasteiger partial charge < -0.3 is 0 Å². The Balaban J connectivity index is 1.88. The number of thiophene rings is 1. The Morgan fingerprint density at radius 2 is 2.38 bits per heavy atom. The monoisotopic (exact) mass is 321 g/mol. The molecule has 1 aliphatic rings. The van der Waals surface area contributed by atoms with Gasteiger partial charge in [-0.3, -0.25) is 4.90 Å². The summed E-state index contributed by atoms with van der Waals surface area (Å²) in [5.74, 6) is 0.800. The van der Waals surface area contributed by atoms with E-state index in [1.54, 1.807) is 0 Å². The van der Waals surface area contributed by atoms with Gasteiger partial charge in [0.2, 0.25) is 0 Å². The van der Waals surface area contributed by atoms with Gasteiger partial charge in [0.15, 0.2) is 0 Å². The Morgan fingerprint density at radius 3 is 3.06 bits per heavy atom. The van der Waals surface area contributed by atoms with Crippen molar-refractivity contribution in [1.29, 1.82) is 0 Å². The number of alkyl halides is 1. The molecule has 1 aliphatic heterocycles. The fourth-order valence-electron chi connectivity index (χ4n) is 2.38. The zero-order valence-electron chi connectivity index (χ0n) is 9.29. The highest BCUT2D eigenvalue weighted by Gasteiger charge is 2.24. The van der Waals surface area contributed by atoms with Crippen LogP contribution in [0.2, 0.25) is 0 Å². The van der Waals surface area contributed by atoms with Crippen molar-refractivity contribution in [3.63, 3.8) is 0 Å². The molecule has 0 bridgehead atoms. The average molecular weight is 323 g/mol. The average Bonchev–Trinajstić information content (AvgIpc) is 2.86. The first-order valence-corrected chi connectivity index (χ1v) is 7.98. The van der Waals surface area contributed by atoms with E-state index in [9.17, 15) is 0 Å². The van der Waals surface area contributed by atoms with E-state index >= 15 is 0 Å². The van der Waals surface area contributed by atoms with Crippen LogP contribution in [0.25, 0.3) is 0 Å². The Labute approximate surface area is 115 Å². The molecule has 4 heteroatoms. The zero-order valence-corrected chi connectivity index (χ0v) is 12.5. The van der Waals surface area contributed by atoms with E-state index in [2.05, 4.69) is 33.0 Å². The Hall–Kier alpha value is 0.430. The van der Waals surface area contributed by atoms with Gasteiger partial charge in [0.1, 0.15) is 0 Å². The minimum absolute atomic E-state index is 0.764. The maximum atomic E-state index is 5.77. The van der Waals surface area contributed by atoms with Gasteiger partial charge in [-0.2, -0.15) is 0 Å². The molecule has 0 N–H and O–H groups in total. The van der Waals surface area contributed by atoms with Crippen LogP contribution in [0.15, 0.2) is 15.9 Å². The van der Waals surface area contributed by atoms with Gasteiger partial charge in [0.25, 0.3) is 0 Å². The van der Waals surface area contributed by atoms with Gasteiger partial charge in [-0.15, -0.1) is 22.9 Å². The Kier molecular flexibility index (Phi) is 5.14. The van der Waals surface area contributed by atoms with Crippen LogP contribution in [0.3, 0.4) is 0 Å². The number of likely N-dealkylation sites (tertiary alicyclic amines) is 1. The van der Waals surface area contributed by atoms with Crippen molar-refractivity contribution in [3.8, 4) is 0 Å². The molecule has 0 spiro atoms. The highest BCUT2D eigenvalue weighted by atomic mass is 79.9. The smallest absolute Gasteiger partial charge is 0.0701 e. The molecule has 1 aromatic rings. The highest BCUT2D eigenvalue weighted by Crippen LogP contribution is 2.28. The number of hydrogen-bond acceptors (Lipinski definition) is 2. The first-order chi connectivity index (χ1) is 7.79. The van der Waals surface area contributed by atoms with Gasteiger partial charge >= 0.3 is 0 Å². The fourth-order valence-corrected chi connectivity index (χ4v) is 4.04. The quantitative estimate of drug-likeness (QED) is 0.722. The number of halogens is 2. The van der Waals surface area contributed by atoms with Crippen LogP contribution in [-0.4, -0.2) is 23.4 Å². The lowest BCUT2D eigenvalue weighted by Gasteiger charge is -2.23. The lowest BCUT2D eigenvalue weighted by Crippen LogP contribution is -2.28. The Bertz CT molecular complexity index is 329. The van der Waals surface area contributed by atoms with E-state index in [0.717, 1.165) is 24.9 Å². The number of hydrogen-bond donors (Lipinski definition) is 0. The molecule has 1 aromatic heterocycles. The number of rotatable bonds is 5. The summed E-state index contributed by atoms with van der Waals surface area (Å²) in [5, 5.41) is 0. The van der Waals surface area contributed by atoms with Crippen LogP contribution in [-0.2, 0) is 6.54 Å². The van der Waals surface area contributed by atoms with E-state index in [1.165, 1.54) is 34.5 Å². The summed E-state index contributed by atoms with van der Waals surface area (Å²) < 4.78 is 1.24. The number of nitrogens with zero attached hydrogens (tertiary/aromatic N) is 1. The van der Waals surface area contributed by atoms with E-state index in [-0.39, 0.29) is 0 Å². The summed E-state index contributed by atoms with van der Waals surface area (Å²) in [6, 6.07) is 5.13. The van der Waals surface area contributed by atoms with E-state index in [0.29, 0.717) is 0 Å². The molecule has 0 aliphatic carbocycles. The maximum Gasteiger partial charge on any atom is 0.0701 e. The third-order valence-corrected chi connectivity index (χ3v) is 5.03. The van der Waals surface area contributed by atoms with Crippen molar-refractivity contribution in [2.75, 3.05) is 12.4 Å². The minimum atomic E-state index is 0.764. The second kappa shape index (κ2) is 6.39. The highest BCUT2D eigenvalue weighted by molar-refractivity contribution is 9.11. The molecule has 1 nitrogen and oxygen atoms in total. The van der Waals surface area contributed by atoms with Crippen molar-refractivity contribution < 1.29 is 0 Å². The van der Waals surface area contributed by atoms with Crippen LogP contribution in [0, 0.1) is 0 Å². The van der Waals surface area contributed by atoms with Crippen molar-refractivity contribution >= 4 is 38.9 Å².